The third-order valence-corrected chi connectivity index (χ3v) is 2.85. The molecule has 84 valence electrons. The number of benzene rings is 1. The molecule has 0 saturated heterocycles. The van der Waals surface area contributed by atoms with E-state index in [1.807, 2.05) is 6.92 Å². The van der Waals surface area contributed by atoms with Crippen LogP contribution in [0, 0.1) is 11.3 Å². The van der Waals surface area contributed by atoms with Crippen LogP contribution in [0.3, 0.4) is 0 Å². The molecule has 0 aliphatic carbocycles. The first-order valence-corrected chi connectivity index (χ1v) is 6.05. The zero-order valence-corrected chi connectivity index (χ0v) is 10.1. The van der Waals surface area contributed by atoms with Gasteiger partial charge in [0.05, 0.1) is 17.7 Å². The Balaban J connectivity index is 3.02. The number of rotatable bonds is 4. The van der Waals surface area contributed by atoms with Crippen LogP contribution >= 0.6 is 11.8 Å². The Morgan fingerprint density at radius 1 is 1.50 bits per heavy atom. The van der Waals surface area contributed by atoms with Gasteiger partial charge in [0.15, 0.2) is 0 Å². The maximum absolute atomic E-state index is 11.5. The quantitative estimate of drug-likeness (QED) is 0.594. The van der Waals surface area contributed by atoms with Crippen molar-refractivity contribution >= 4 is 17.7 Å². The molecule has 0 radical (unpaired) electrons. The Labute approximate surface area is 99.4 Å². The first kappa shape index (κ1) is 12.6. The fourth-order valence-electron chi connectivity index (χ4n) is 1.23. The first-order valence-electron chi connectivity index (χ1n) is 5.07. The molecule has 0 spiro atoms. The van der Waals surface area contributed by atoms with Crippen LogP contribution in [-0.4, -0.2) is 18.3 Å². The number of carbonyl (C=O) groups excluding carboxylic acids is 1. The van der Waals surface area contributed by atoms with E-state index in [0.717, 1.165) is 10.6 Å². The maximum Gasteiger partial charge on any atom is 0.338 e. The zero-order valence-electron chi connectivity index (χ0n) is 9.32. The van der Waals surface area contributed by atoms with Gasteiger partial charge in [0.1, 0.15) is 6.07 Å². The predicted octanol–water partition coefficient (Wildman–Crippen LogP) is 2.85. The van der Waals surface area contributed by atoms with Crippen molar-refractivity contribution in [3.63, 3.8) is 0 Å². The van der Waals surface area contributed by atoms with E-state index in [0.29, 0.717) is 17.7 Å². The number of hydrogen-bond acceptors (Lipinski definition) is 4. The van der Waals surface area contributed by atoms with Crippen molar-refractivity contribution in [3.8, 4) is 6.07 Å². The van der Waals surface area contributed by atoms with Gasteiger partial charge in [-0.25, -0.2) is 4.79 Å². The second kappa shape index (κ2) is 6.19. The molecule has 1 rings (SSSR count). The van der Waals surface area contributed by atoms with E-state index in [1.165, 1.54) is 0 Å². The van der Waals surface area contributed by atoms with Crippen LogP contribution in [0.25, 0.3) is 0 Å². The summed E-state index contributed by atoms with van der Waals surface area (Å²) in [4.78, 5) is 12.3. The molecule has 1 aromatic carbocycles. The van der Waals surface area contributed by atoms with Gasteiger partial charge in [-0.3, -0.25) is 0 Å². The summed E-state index contributed by atoms with van der Waals surface area (Å²) in [5, 5.41) is 8.90. The Kier molecular flexibility index (Phi) is 4.87. The molecular weight excluding hydrogens is 222 g/mol. The lowest BCUT2D eigenvalue weighted by Crippen LogP contribution is -2.04. The lowest BCUT2D eigenvalue weighted by Gasteiger charge is -2.05. The normalized spacial score (nSPS) is 9.56. The summed E-state index contributed by atoms with van der Waals surface area (Å²) in [6.07, 6.45) is 0. The van der Waals surface area contributed by atoms with Gasteiger partial charge in [-0.15, -0.1) is 11.8 Å². The van der Waals surface area contributed by atoms with E-state index >= 15 is 0 Å². The molecule has 16 heavy (non-hydrogen) atoms. The van der Waals surface area contributed by atoms with E-state index in [4.69, 9.17) is 10.00 Å². The van der Waals surface area contributed by atoms with Crippen LogP contribution in [0.4, 0.5) is 0 Å². The molecule has 4 heteroatoms. The molecule has 0 unspecified atom stereocenters. The van der Waals surface area contributed by atoms with Gasteiger partial charge in [-0.2, -0.15) is 5.26 Å². The molecule has 0 aliphatic rings. The van der Waals surface area contributed by atoms with Crippen molar-refractivity contribution in [1.82, 2.24) is 0 Å². The number of nitrogens with zero attached hydrogens (tertiary/aromatic N) is 1. The highest BCUT2D eigenvalue weighted by atomic mass is 32.2. The number of nitriles is 1. The number of esters is 1. The highest BCUT2D eigenvalue weighted by Crippen LogP contribution is 2.23. The SMILES string of the molecule is CCOC(=O)c1ccc(C#N)c(SCC)c1. The molecule has 0 atom stereocenters. The zero-order chi connectivity index (χ0) is 12.0. The fraction of sp³-hybridized carbons (Fsp3) is 0.333. The number of ether oxygens (including phenoxy) is 1. The van der Waals surface area contributed by atoms with Gasteiger partial charge in [0, 0.05) is 4.90 Å². The lowest BCUT2D eigenvalue weighted by atomic mass is 10.1. The third kappa shape index (κ3) is 3.01. The molecule has 0 fully saturated rings. The summed E-state index contributed by atoms with van der Waals surface area (Å²) in [7, 11) is 0. The number of carbonyl (C=O) groups is 1. The van der Waals surface area contributed by atoms with E-state index in [2.05, 4.69) is 6.07 Å². The third-order valence-electron chi connectivity index (χ3n) is 1.91. The molecule has 0 aromatic heterocycles. The van der Waals surface area contributed by atoms with Gasteiger partial charge in [0.25, 0.3) is 0 Å². The Morgan fingerprint density at radius 2 is 2.25 bits per heavy atom. The fourth-order valence-corrected chi connectivity index (χ4v) is 2.02. The van der Waals surface area contributed by atoms with Crippen molar-refractivity contribution in [3.05, 3.63) is 29.3 Å². The standard InChI is InChI=1S/C12H13NO2S/c1-3-15-12(14)9-5-6-10(8-13)11(7-9)16-4-2/h5-7H,3-4H2,1-2H3. The van der Waals surface area contributed by atoms with E-state index < -0.39 is 0 Å². The number of thioether (sulfide) groups is 1. The second-order valence-electron chi connectivity index (χ2n) is 2.98. The van der Waals surface area contributed by atoms with Gasteiger partial charge in [0.2, 0.25) is 0 Å². The van der Waals surface area contributed by atoms with Crippen LogP contribution in [-0.2, 0) is 4.74 Å². The summed E-state index contributed by atoms with van der Waals surface area (Å²) in [6, 6.07) is 7.10. The smallest absolute Gasteiger partial charge is 0.338 e. The minimum atomic E-state index is -0.343. The first-order chi connectivity index (χ1) is 7.72. The molecule has 1 aromatic rings. The summed E-state index contributed by atoms with van der Waals surface area (Å²) < 4.78 is 4.90. The molecule has 0 heterocycles. The highest BCUT2D eigenvalue weighted by molar-refractivity contribution is 7.99. The maximum atomic E-state index is 11.5. The molecule has 0 amide bonds. The highest BCUT2D eigenvalue weighted by Gasteiger charge is 2.10. The predicted molar refractivity (Wildman–Crippen MR) is 63.5 cm³/mol. The van der Waals surface area contributed by atoms with Crippen LogP contribution in [0.5, 0.6) is 0 Å². The Morgan fingerprint density at radius 3 is 2.81 bits per heavy atom. The van der Waals surface area contributed by atoms with Crippen molar-refractivity contribution < 1.29 is 9.53 Å². The molecule has 3 nitrogen and oxygen atoms in total. The summed E-state index contributed by atoms with van der Waals surface area (Å²) >= 11 is 1.55. The lowest BCUT2D eigenvalue weighted by molar-refractivity contribution is 0.0526. The van der Waals surface area contributed by atoms with Crippen LogP contribution in [0.1, 0.15) is 29.8 Å². The summed E-state index contributed by atoms with van der Waals surface area (Å²) in [5.74, 6) is 0.519. The van der Waals surface area contributed by atoms with E-state index in [9.17, 15) is 4.79 Å². The van der Waals surface area contributed by atoms with Crippen molar-refractivity contribution in [2.45, 2.75) is 18.7 Å². The Hall–Kier alpha value is -1.47. The molecule has 0 saturated carbocycles. The summed E-state index contributed by atoms with van der Waals surface area (Å²) in [6.45, 7) is 4.13. The van der Waals surface area contributed by atoms with Crippen molar-refractivity contribution in [2.75, 3.05) is 12.4 Å². The van der Waals surface area contributed by atoms with Gasteiger partial charge >= 0.3 is 5.97 Å². The minimum Gasteiger partial charge on any atom is -0.462 e. The average Bonchev–Trinajstić information content (AvgIpc) is 2.29. The van der Waals surface area contributed by atoms with Crippen LogP contribution < -0.4 is 0 Å². The largest absolute Gasteiger partial charge is 0.462 e. The van der Waals surface area contributed by atoms with E-state index in [1.54, 1.807) is 36.9 Å². The Bertz CT molecular complexity index is 424. The van der Waals surface area contributed by atoms with Crippen LogP contribution in [0.2, 0.25) is 0 Å². The van der Waals surface area contributed by atoms with E-state index in [-0.39, 0.29) is 5.97 Å². The molecule has 0 N–H and O–H groups in total. The molecule has 0 aliphatic heterocycles. The minimum absolute atomic E-state index is 0.343. The molecular formula is C12H13NO2S. The summed E-state index contributed by atoms with van der Waals surface area (Å²) in [5.41, 5.74) is 1.09. The van der Waals surface area contributed by atoms with Gasteiger partial charge < -0.3 is 4.74 Å². The van der Waals surface area contributed by atoms with Crippen molar-refractivity contribution in [2.24, 2.45) is 0 Å². The topological polar surface area (TPSA) is 50.1 Å². The van der Waals surface area contributed by atoms with Crippen LogP contribution in [0.15, 0.2) is 23.1 Å². The van der Waals surface area contributed by atoms with Crippen molar-refractivity contribution in [1.29, 1.82) is 5.26 Å². The van der Waals surface area contributed by atoms with Gasteiger partial charge in [-0.05, 0) is 30.9 Å². The monoisotopic (exact) mass is 235 g/mol. The van der Waals surface area contributed by atoms with Gasteiger partial charge in [-0.1, -0.05) is 6.92 Å². The second-order valence-corrected chi connectivity index (χ2v) is 4.28. The average molecular weight is 235 g/mol. The molecule has 0 bridgehead atoms. The number of hydrogen-bond donors (Lipinski definition) is 0.